The van der Waals surface area contributed by atoms with E-state index in [1.165, 1.54) is 30.5 Å². The molecule has 1 aliphatic rings. The van der Waals surface area contributed by atoms with Gasteiger partial charge in [0.15, 0.2) is 0 Å². The SMILES string of the molecule is COc1ccc(S(=O)(=O)N(C)C2CCC(C)CC2)cc1NC(C)=O. The maximum absolute atomic E-state index is 12.9. The topological polar surface area (TPSA) is 75.7 Å². The van der Waals surface area contributed by atoms with Gasteiger partial charge in [0.2, 0.25) is 15.9 Å². The Bertz CT molecular complexity index is 695. The minimum absolute atomic E-state index is 0.0255. The normalized spacial score (nSPS) is 21.5. The van der Waals surface area contributed by atoms with E-state index in [9.17, 15) is 13.2 Å². The lowest BCUT2D eigenvalue weighted by molar-refractivity contribution is -0.114. The number of carbonyl (C=O) groups excluding carboxylic acids is 1. The monoisotopic (exact) mass is 354 g/mol. The minimum atomic E-state index is -3.61. The summed E-state index contributed by atoms with van der Waals surface area (Å²) in [5, 5.41) is 2.61. The molecule has 0 aliphatic heterocycles. The summed E-state index contributed by atoms with van der Waals surface area (Å²) in [6.07, 6.45) is 3.85. The molecular weight excluding hydrogens is 328 g/mol. The van der Waals surface area contributed by atoms with Crippen LogP contribution in [0.1, 0.15) is 39.5 Å². The zero-order valence-electron chi connectivity index (χ0n) is 14.7. The highest BCUT2D eigenvalue weighted by atomic mass is 32.2. The molecule has 0 radical (unpaired) electrons. The first-order valence-electron chi connectivity index (χ1n) is 8.19. The molecule has 0 unspecified atom stereocenters. The highest BCUT2D eigenvalue weighted by Crippen LogP contribution is 2.32. The molecule has 0 saturated heterocycles. The molecule has 24 heavy (non-hydrogen) atoms. The number of nitrogens with one attached hydrogen (secondary N) is 1. The summed E-state index contributed by atoms with van der Waals surface area (Å²) in [7, 11) is -0.499. The van der Waals surface area contributed by atoms with Gasteiger partial charge >= 0.3 is 0 Å². The molecule has 0 heterocycles. The molecule has 0 aromatic heterocycles. The van der Waals surface area contributed by atoms with Crippen LogP contribution in [-0.4, -0.2) is 38.8 Å². The van der Waals surface area contributed by atoms with E-state index in [-0.39, 0.29) is 16.8 Å². The summed E-state index contributed by atoms with van der Waals surface area (Å²) in [6, 6.07) is 4.56. The van der Waals surface area contributed by atoms with Gasteiger partial charge in [-0.05, 0) is 49.8 Å². The second kappa shape index (κ2) is 7.53. The van der Waals surface area contributed by atoms with E-state index in [4.69, 9.17) is 4.74 Å². The van der Waals surface area contributed by atoms with Gasteiger partial charge in [-0.3, -0.25) is 4.79 Å². The summed E-state index contributed by atoms with van der Waals surface area (Å²) in [5.74, 6) is 0.806. The molecule has 1 N–H and O–H groups in total. The van der Waals surface area contributed by atoms with Crippen molar-refractivity contribution in [3.8, 4) is 5.75 Å². The molecule has 7 heteroatoms. The van der Waals surface area contributed by atoms with Gasteiger partial charge in [0, 0.05) is 20.0 Å². The number of methoxy groups -OCH3 is 1. The van der Waals surface area contributed by atoms with Crippen molar-refractivity contribution in [3.63, 3.8) is 0 Å². The molecule has 1 aliphatic carbocycles. The maximum Gasteiger partial charge on any atom is 0.243 e. The van der Waals surface area contributed by atoms with Crippen molar-refractivity contribution in [2.75, 3.05) is 19.5 Å². The minimum Gasteiger partial charge on any atom is -0.495 e. The van der Waals surface area contributed by atoms with Crippen molar-refractivity contribution in [1.29, 1.82) is 0 Å². The number of benzene rings is 1. The van der Waals surface area contributed by atoms with Crippen molar-refractivity contribution in [1.82, 2.24) is 4.31 Å². The quantitative estimate of drug-likeness (QED) is 0.882. The van der Waals surface area contributed by atoms with Gasteiger partial charge < -0.3 is 10.1 Å². The zero-order valence-corrected chi connectivity index (χ0v) is 15.5. The fourth-order valence-electron chi connectivity index (χ4n) is 3.10. The van der Waals surface area contributed by atoms with Crippen LogP contribution in [0.25, 0.3) is 0 Å². The van der Waals surface area contributed by atoms with Crippen LogP contribution in [0.3, 0.4) is 0 Å². The molecule has 1 fully saturated rings. The third kappa shape index (κ3) is 4.08. The van der Waals surface area contributed by atoms with Crippen molar-refractivity contribution in [3.05, 3.63) is 18.2 Å². The average molecular weight is 354 g/mol. The largest absolute Gasteiger partial charge is 0.495 e. The number of hydrogen-bond acceptors (Lipinski definition) is 4. The summed E-state index contributed by atoms with van der Waals surface area (Å²) in [4.78, 5) is 11.5. The van der Waals surface area contributed by atoms with E-state index in [2.05, 4.69) is 12.2 Å². The molecule has 1 saturated carbocycles. The van der Waals surface area contributed by atoms with E-state index in [1.54, 1.807) is 13.1 Å². The first-order chi connectivity index (χ1) is 11.3. The first kappa shape index (κ1) is 18.7. The Morgan fingerprint density at radius 3 is 2.42 bits per heavy atom. The van der Waals surface area contributed by atoms with Crippen LogP contribution in [0.5, 0.6) is 5.75 Å². The number of anilines is 1. The Morgan fingerprint density at radius 1 is 1.25 bits per heavy atom. The molecule has 134 valence electrons. The summed E-state index contributed by atoms with van der Waals surface area (Å²) in [6.45, 7) is 3.57. The molecule has 1 amide bonds. The maximum atomic E-state index is 12.9. The average Bonchev–Trinajstić information content (AvgIpc) is 2.54. The van der Waals surface area contributed by atoms with E-state index < -0.39 is 10.0 Å². The third-order valence-corrected chi connectivity index (χ3v) is 6.56. The van der Waals surface area contributed by atoms with Crippen LogP contribution in [0.15, 0.2) is 23.1 Å². The van der Waals surface area contributed by atoms with E-state index in [1.807, 2.05) is 0 Å². The van der Waals surface area contributed by atoms with Crippen molar-refractivity contribution in [2.45, 2.75) is 50.5 Å². The Hall–Kier alpha value is -1.60. The second-order valence-corrected chi connectivity index (χ2v) is 8.48. The van der Waals surface area contributed by atoms with Crippen LogP contribution < -0.4 is 10.1 Å². The predicted molar refractivity (Wildman–Crippen MR) is 93.7 cm³/mol. The number of ether oxygens (including phenoxy) is 1. The standard InChI is InChI=1S/C17H26N2O4S/c1-12-5-7-14(8-6-12)19(3)24(21,22)15-9-10-17(23-4)16(11-15)18-13(2)20/h9-12,14H,5-8H2,1-4H3,(H,18,20). The molecule has 0 atom stereocenters. The summed E-state index contributed by atoms with van der Waals surface area (Å²) in [5.41, 5.74) is 0.358. The van der Waals surface area contributed by atoms with Crippen LogP contribution >= 0.6 is 0 Å². The summed E-state index contributed by atoms with van der Waals surface area (Å²) < 4.78 is 32.5. The molecule has 0 bridgehead atoms. The number of nitrogens with zero attached hydrogens (tertiary/aromatic N) is 1. The second-order valence-electron chi connectivity index (χ2n) is 6.48. The molecular formula is C17H26N2O4S. The van der Waals surface area contributed by atoms with Gasteiger partial charge in [-0.2, -0.15) is 4.31 Å². The van der Waals surface area contributed by atoms with E-state index in [0.29, 0.717) is 17.4 Å². The molecule has 1 aromatic carbocycles. The van der Waals surface area contributed by atoms with Crippen LogP contribution in [-0.2, 0) is 14.8 Å². The molecule has 6 nitrogen and oxygen atoms in total. The van der Waals surface area contributed by atoms with Crippen molar-refractivity contribution >= 4 is 21.6 Å². The summed E-state index contributed by atoms with van der Waals surface area (Å²) >= 11 is 0. The van der Waals surface area contributed by atoms with Gasteiger partial charge in [0.25, 0.3) is 0 Å². The van der Waals surface area contributed by atoms with Gasteiger partial charge in [0.05, 0.1) is 17.7 Å². The molecule has 1 aromatic rings. The Labute approximate surface area is 144 Å². The lowest BCUT2D eigenvalue weighted by Crippen LogP contribution is -2.39. The van der Waals surface area contributed by atoms with E-state index >= 15 is 0 Å². The van der Waals surface area contributed by atoms with Crippen LogP contribution in [0, 0.1) is 5.92 Å². The Balaban J connectivity index is 2.29. The first-order valence-corrected chi connectivity index (χ1v) is 9.63. The van der Waals surface area contributed by atoms with Crippen molar-refractivity contribution < 1.29 is 17.9 Å². The number of carbonyl (C=O) groups is 1. The number of sulfonamides is 1. The Kier molecular flexibility index (Phi) is 5.87. The van der Waals surface area contributed by atoms with Crippen LogP contribution in [0.2, 0.25) is 0 Å². The fourth-order valence-corrected chi connectivity index (χ4v) is 4.55. The van der Waals surface area contributed by atoms with E-state index in [0.717, 1.165) is 25.7 Å². The van der Waals surface area contributed by atoms with Gasteiger partial charge in [-0.15, -0.1) is 0 Å². The number of rotatable bonds is 5. The fraction of sp³-hybridized carbons (Fsp3) is 0.588. The number of hydrogen-bond donors (Lipinski definition) is 1. The lowest BCUT2D eigenvalue weighted by Gasteiger charge is -2.33. The third-order valence-electron chi connectivity index (χ3n) is 4.66. The van der Waals surface area contributed by atoms with Gasteiger partial charge in [-0.25, -0.2) is 8.42 Å². The highest BCUT2D eigenvalue weighted by molar-refractivity contribution is 7.89. The smallest absolute Gasteiger partial charge is 0.243 e. The predicted octanol–water partition coefficient (Wildman–Crippen LogP) is 2.85. The van der Waals surface area contributed by atoms with Gasteiger partial charge in [0.1, 0.15) is 5.75 Å². The van der Waals surface area contributed by atoms with Crippen LogP contribution in [0.4, 0.5) is 5.69 Å². The number of amides is 1. The lowest BCUT2D eigenvalue weighted by atomic mass is 9.87. The highest BCUT2D eigenvalue weighted by Gasteiger charge is 2.31. The molecule has 2 rings (SSSR count). The molecule has 0 spiro atoms. The van der Waals surface area contributed by atoms with Crippen molar-refractivity contribution in [2.24, 2.45) is 5.92 Å². The van der Waals surface area contributed by atoms with Gasteiger partial charge in [-0.1, -0.05) is 6.92 Å². The Morgan fingerprint density at radius 2 is 1.88 bits per heavy atom. The zero-order chi connectivity index (χ0) is 17.9.